The molecule has 0 amide bonds. The molecular formula is C10H11ClN2O2S. The Morgan fingerprint density at radius 1 is 1.38 bits per heavy atom. The Balaban J connectivity index is 2.06. The number of halogens is 1. The molecule has 2 aromatic heterocycles. The zero-order valence-electron chi connectivity index (χ0n) is 8.77. The third-order valence-electron chi connectivity index (χ3n) is 1.99. The first kappa shape index (κ1) is 11.7. The molecule has 2 aromatic rings. The van der Waals surface area contributed by atoms with Crippen LogP contribution in [0, 0.1) is 0 Å². The fourth-order valence-electron chi connectivity index (χ4n) is 1.23. The second-order valence-corrected chi connectivity index (χ2v) is 4.37. The molecule has 0 saturated carbocycles. The van der Waals surface area contributed by atoms with E-state index >= 15 is 0 Å². The minimum absolute atomic E-state index is 0.358. The van der Waals surface area contributed by atoms with Gasteiger partial charge in [-0.25, -0.2) is 9.97 Å². The van der Waals surface area contributed by atoms with Crippen LogP contribution in [0.2, 0.25) is 5.15 Å². The number of thiophene rings is 1. The molecule has 16 heavy (non-hydrogen) atoms. The second kappa shape index (κ2) is 5.54. The van der Waals surface area contributed by atoms with Crippen molar-refractivity contribution in [2.45, 2.75) is 6.61 Å². The van der Waals surface area contributed by atoms with Crippen molar-refractivity contribution in [2.75, 3.05) is 20.3 Å². The van der Waals surface area contributed by atoms with Gasteiger partial charge < -0.3 is 9.47 Å². The van der Waals surface area contributed by atoms with E-state index in [1.165, 1.54) is 0 Å². The summed E-state index contributed by atoms with van der Waals surface area (Å²) in [6.07, 6.45) is 0. The lowest BCUT2D eigenvalue weighted by Gasteiger charge is -2.03. The molecule has 2 heterocycles. The van der Waals surface area contributed by atoms with Gasteiger partial charge in [0, 0.05) is 12.5 Å². The summed E-state index contributed by atoms with van der Waals surface area (Å²) >= 11 is 7.56. The van der Waals surface area contributed by atoms with Crippen LogP contribution in [0.15, 0.2) is 11.4 Å². The van der Waals surface area contributed by atoms with Crippen LogP contribution >= 0.6 is 22.9 Å². The minimum atomic E-state index is 0.358. The van der Waals surface area contributed by atoms with E-state index in [0.717, 1.165) is 10.2 Å². The summed E-state index contributed by atoms with van der Waals surface area (Å²) in [6.45, 7) is 1.45. The molecule has 86 valence electrons. The molecule has 0 unspecified atom stereocenters. The predicted molar refractivity (Wildman–Crippen MR) is 64.0 cm³/mol. The van der Waals surface area contributed by atoms with E-state index in [4.69, 9.17) is 21.1 Å². The molecule has 0 aliphatic rings. The average molecular weight is 259 g/mol. The Labute approximate surface area is 102 Å². The van der Waals surface area contributed by atoms with Crippen LogP contribution < -0.4 is 0 Å². The third kappa shape index (κ3) is 2.68. The Hall–Kier alpha value is -0.750. The molecule has 4 nitrogen and oxygen atoms in total. The van der Waals surface area contributed by atoms with Crippen molar-refractivity contribution in [2.24, 2.45) is 0 Å². The first-order valence-electron chi connectivity index (χ1n) is 4.77. The normalized spacial score (nSPS) is 11.1. The molecular weight excluding hydrogens is 248 g/mol. The van der Waals surface area contributed by atoms with Crippen molar-refractivity contribution in [3.05, 3.63) is 22.4 Å². The van der Waals surface area contributed by atoms with Crippen LogP contribution in [-0.2, 0) is 16.1 Å². The number of methoxy groups -OCH3 is 1. The van der Waals surface area contributed by atoms with Crippen molar-refractivity contribution in [1.29, 1.82) is 0 Å². The number of ether oxygens (including phenoxy) is 2. The number of fused-ring (bicyclic) bond motifs is 1. The van der Waals surface area contributed by atoms with E-state index in [2.05, 4.69) is 9.97 Å². The molecule has 0 spiro atoms. The molecule has 0 saturated heterocycles. The summed E-state index contributed by atoms with van der Waals surface area (Å²) in [5.74, 6) is 0.607. The van der Waals surface area contributed by atoms with Crippen LogP contribution in [0.5, 0.6) is 0 Å². The zero-order chi connectivity index (χ0) is 11.4. The van der Waals surface area contributed by atoms with Crippen LogP contribution in [0.1, 0.15) is 5.82 Å². The highest BCUT2D eigenvalue weighted by molar-refractivity contribution is 7.16. The molecule has 0 aliphatic heterocycles. The lowest BCUT2D eigenvalue weighted by molar-refractivity contribution is 0.0587. The Morgan fingerprint density at radius 3 is 3.06 bits per heavy atom. The molecule has 0 aliphatic carbocycles. The van der Waals surface area contributed by atoms with Gasteiger partial charge in [0.2, 0.25) is 0 Å². The van der Waals surface area contributed by atoms with Crippen molar-refractivity contribution >= 4 is 33.2 Å². The summed E-state index contributed by atoms with van der Waals surface area (Å²) < 4.78 is 10.2. The number of rotatable bonds is 5. The SMILES string of the molecule is COCCOCc1nc(Cl)c2ccsc2n1. The third-order valence-corrected chi connectivity index (χ3v) is 3.08. The highest BCUT2D eigenvalue weighted by Gasteiger charge is 2.06. The molecule has 2 rings (SSSR count). The van der Waals surface area contributed by atoms with Crippen molar-refractivity contribution in [1.82, 2.24) is 9.97 Å². The van der Waals surface area contributed by atoms with E-state index < -0.39 is 0 Å². The van der Waals surface area contributed by atoms with Gasteiger partial charge in [0.05, 0.1) is 13.2 Å². The largest absolute Gasteiger partial charge is 0.382 e. The van der Waals surface area contributed by atoms with E-state index in [1.807, 2.05) is 11.4 Å². The zero-order valence-corrected chi connectivity index (χ0v) is 10.3. The van der Waals surface area contributed by atoms with E-state index in [9.17, 15) is 0 Å². The minimum Gasteiger partial charge on any atom is -0.382 e. The smallest absolute Gasteiger partial charge is 0.157 e. The van der Waals surface area contributed by atoms with Gasteiger partial charge in [-0.2, -0.15) is 0 Å². The van der Waals surface area contributed by atoms with Crippen LogP contribution in [-0.4, -0.2) is 30.3 Å². The lowest BCUT2D eigenvalue weighted by atomic mass is 10.4. The maximum absolute atomic E-state index is 6.02. The van der Waals surface area contributed by atoms with E-state index in [0.29, 0.717) is 30.8 Å². The summed E-state index contributed by atoms with van der Waals surface area (Å²) in [6, 6.07) is 1.91. The van der Waals surface area contributed by atoms with E-state index in [1.54, 1.807) is 18.4 Å². The van der Waals surface area contributed by atoms with Crippen LogP contribution in [0.4, 0.5) is 0 Å². The van der Waals surface area contributed by atoms with Gasteiger partial charge in [-0.05, 0) is 11.4 Å². The number of aromatic nitrogens is 2. The van der Waals surface area contributed by atoms with Crippen LogP contribution in [0.3, 0.4) is 0 Å². The summed E-state index contributed by atoms with van der Waals surface area (Å²) in [5.41, 5.74) is 0. The van der Waals surface area contributed by atoms with Gasteiger partial charge in [-0.3, -0.25) is 0 Å². The van der Waals surface area contributed by atoms with Gasteiger partial charge in [0.25, 0.3) is 0 Å². The topological polar surface area (TPSA) is 44.2 Å². The summed E-state index contributed by atoms with van der Waals surface area (Å²) in [5, 5.41) is 3.32. The number of hydrogen-bond acceptors (Lipinski definition) is 5. The Morgan fingerprint density at radius 2 is 2.25 bits per heavy atom. The molecule has 0 aromatic carbocycles. The summed E-state index contributed by atoms with van der Waals surface area (Å²) in [7, 11) is 1.63. The standard InChI is InChI=1S/C10H11ClN2O2S/c1-14-3-4-15-6-8-12-9(11)7-2-5-16-10(7)13-8/h2,5H,3-4,6H2,1H3. The Bertz CT molecular complexity index is 475. The molecule has 6 heteroatoms. The fraction of sp³-hybridized carbons (Fsp3) is 0.400. The predicted octanol–water partition coefficient (Wildman–Crippen LogP) is 2.51. The highest BCUT2D eigenvalue weighted by atomic mass is 35.5. The van der Waals surface area contributed by atoms with Gasteiger partial charge in [-0.1, -0.05) is 11.6 Å². The molecule has 0 radical (unpaired) electrons. The number of nitrogens with zero attached hydrogens (tertiary/aromatic N) is 2. The maximum Gasteiger partial charge on any atom is 0.157 e. The highest BCUT2D eigenvalue weighted by Crippen LogP contribution is 2.24. The Kier molecular flexibility index (Phi) is 4.06. The number of hydrogen-bond donors (Lipinski definition) is 0. The first-order valence-corrected chi connectivity index (χ1v) is 6.03. The van der Waals surface area contributed by atoms with Crippen molar-refractivity contribution in [3.8, 4) is 0 Å². The molecule has 0 N–H and O–H groups in total. The fourth-order valence-corrected chi connectivity index (χ4v) is 2.32. The van der Waals surface area contributed by atoms with Gasteiger partial charge in [0.1, 0.15) is 16.6 Å². The quantitative estimate of drug-likeness (QED) is 0.611. The van der Waals surface area contributed by atoms with Crippen molar-refractivity contribution < 1.29 is 9.47 Å². The van der Waals surface area contributed by atoms with Crippen LogP contribution in [0.25, 0.3) is 10.2 Å². The molecule has 0 fully saturated rings. The van der Waals surface area contributed by atoms with Gasteiger partial charge >= 0.3 is 0 Å². The van der Waals surface area contributed by atoms with Gasteiger partial charge in [-0.15, -0.1) is 11.3 Å². The van der Waals surface area contributed by atoms with Crippen molar-refractivity contribution in [3.63, 3.8) is 0 Å². The lowest BCUT2D eigenvalue weighted by Crippen LogP contribution is -2.04. The van der Waals surface area contributed by atoms with E-state index in [-0.39, 0.29) is 0 Å². The molecule has 0 atom stereocenters. The van der Waals surface area contributed by atoms with Gasteiger partial charge in [0.15, 0.2) is 5.82 Å². The first-order chi connectivity index (χ1) is 7.81. The maximum atomic E-state index is 6.02. The monoisotopic (exact) mass is 258 g/mol. The molecule has 0 bridgehead atoms. The second-order valence-electron chi connectivity index (χ2n) is 3.12. The summed E-state index contributed by atoms with van der Waals surface area (Å²) in [4.78, 5) is 9.41. The average Bonchev–Trinajstić information content (AvgIpc) is 2.73.